The van der Waals surface area contributed by atoms with Crippen molar-refractivity contribution in [2.75, 3.05) is 38.6 Å². The van der Waals surface area contributed by atoms with Crippen LogP contribution in [0.2, 0.25) is 0 Å². The van der Waals surface area contributed by atoms with Crippen molar-refractivity contribution >= 4 is 15.9 Å². The molecule has 2 unspecified atom stereocenters. The van der Waals surface area contributed by atoms with Crippen molar-refractivity contribution in [3.8, 4) is 0 Å². The first-order valence-electron chi connectivity index (χ1n) is 8.41. The van der Waals surface area contributed by atoms with Gasteiger partial charge in [0.05, 0.1) is 12.2 Å². The number of hydrogen-bond acceptors (Lipinski definition) is 4. The lowest BCUT2D eigenvalue weighted by molar-refractivity contribution is -0.0455. The van der Waals surface area contributed by atoms with Gasteiger partial charge in [-0.05, 0) is 31.5 Å². The van der Waals surface area contributed by atoms with Crippen LogP contribution in [-0.2, 0) is 21.5 Å². The fourth-order valence-electron chi connectivity index (χ4n) is 2.94. The molecule has 1 aromatic carbocycles. The van der Waals surface area contributed by atoms with Gasteiger partial charge in [0.2, 0.25) is 0 Å². The third kappa shape index (κ3) is 4.47. The maximum atomic E-state index is 13.0. The summed E-state index contributed by atoms with van der Waals surface area (Å²) in [5.74, 6) is 0. The zero-order valence-corrected chi connectivity index (χ0v) is 16.1. The summed E-state index contributed by atoms with van der Waals surface area (Å²) in [6, 6.07) is 7.99. The third-order valence-electron chi connectivity index (χ3n) is 4.20. The number of anilines is 1. The lowest BCUT2D eigenvalue weighted by Gasteiger charge is -2.37. The molecular formula is C17H29N3O3S. The van der Waals surface area contributed by atoms with Crippen molar-refractivity contribution in [3.05, 3.63) is 29.8 Å². The van der Waals surface area contributed by atoms with E-state index in [1.165, 1.54) is 4.31 Å². The highest BCUT2D eigenvalue weighted by Gasteiger charge is 2.34. The van der Waals surface area contributed by atoms with E-state index in [0.717, 1.165) is 11.3 Å². The molecule has 0 aromatic heterocycles. The van der Waals surface area contributed by atoms with E-state index in [1.807, 2.05) is 64.0 Å². The highest BCUT2D eigenvalue weighted by molar-refractivity contribution is 7.86. The van der Waals surface area contributed by atoms with Gasteiger partial charge in [0.1, 0.15) is 0 Å². The van der Waals surface area contributed by atoms with Crippen LogP contribution in [0.1, 0.15) is 26.3 Å². The lowest BCUT2D eigenvalue weighted by atomic mass is 10.2. The minimum atomic E-state index is -3.49. The van der Waals surface area contributed by atoms with Gasteiger partial charge < -0.3 is 9.64 Å². The molecule has 6 nitrogen and oxygen atoms in total. The fourth-order valence-corrected chi connectivity index (χ4v) is 4.70. The molecule has 2 atom stereocenters. The van der Waals surface area contributed by atoms with E-state index in [4.69, 9.17) is 4.74 Å². The van der Waals surface area contributed by atoms with E-state index < -0.39 is 10.2 Å². The Kier molecular flexibility index (Phi) is 6.25. The van der Waals surface area contributed by atoms with Gasteiger partial charge in [-0.1, -0.05) is 19.1 Å². The average Bonchev–Trinajstić information content (AvgIpc) is 2.51. The van der Waals surface area contributed by atoms with E-state index >= 15 is 0 Å². The van der Waals surface area contributed by atoms with Crippen molar-refractivity contribution in [2.24, 2.45) is 0 Å². The van der Waals surface area contributed by atoms with Gasteiger partial charge in [-0.25, -0.2) is 0 Å². The van der Waals surface area contributed by atoms with Crippen LogP contribution in [0.4, 0.5) is 5.69 Å². The Labute approximate surface area is 146 Å². The van der Waals surface area contributed by atoms with E-state index in [2.05, 4.69) is 0 Å². The minimum absolute atomic E-state index is 0.0818. The van der Waals surface area contributed by atoms with Crippen molar-refractivity contribution in [2.45, 2.75) is 39.5 Å². The standard InChI is InChI=1S/C17H29N3O3S/c1-6-19(13-16-7-9-17(10-8-16)18(4)5)24(21,22)20-11-14(2)23-15(3)12-20/h7-10,14-15H,6,11-13H2,1-5H3. The van der Waals surface area contributed by atoms with Crippen LogP contribution in [-0.4, -0.2) is 63.0 Å². The van der Waals surface area contributed by atoms with E-state index in [1.54, 1.807) is 4.31 Å². The Morgan fingerprint density at radius 3 is 2.12 bits per heavy atom. The molecule has 1 heterocycles. The highest BCUT2D eigenvalue weighted by Crippen LogP contribution is 2.20. The van der Waals surface area contributed by atoms with Gasteiger partial charge in [0.25, 0.3) is 10.2 Å². The van der Waals surface area contributed by atoms with Crippen molar-refractivity contribution in [1.82, 2.24) is 8.61 Å². The molecule has 0 bridgehead atoms. The Bertz CT molecular complexity index is 621. The highest BCUT2D eigenvalue weighted by atomic mass is 32.2. The molecule has 1 saturated heterocycles. The summed E-state index contributed by atoms with van der Waals surface area (Å²) in [7, 11) is 0.481. The van der Waals surface area contributed by atoms with Gasteiger partial charge in [0, 0.05) is 46.0 Å². The van der Waals surface area contributed by atoms with E-state index in [-0.39, 0.29) is 12.2 Å². The summed E-state index contributed by atoms with van der Waals surface area (Å²) >= 11 is 0. The van der Waals surface area contributed by atoms with Crippen LogP contribution in [0.5, 0.6) is 0 Å². The summed E-state index contributed by atoms with van der Waals surface area (Å²) in [5.41, 5.74) is 2.08. The molecule has 7 heteroatoms. The molecule has 0 spiro atoms. The molecule has 0 aliphatic carbocycles. The zero-order chi connectivity index (χ0) is 17.9. The second-order valence-corrected chi connectivity index (χ2v) is 8.50. The Hall–Kier alpha value is -1.15. The largest absolute Gasteiger partial charge is 0.378 e. The molecule has 2 rings (SSSR count). The maximum Gasteiger partial charge on any atom is 0.282 e. The van der Waals surface area contributed by atoms with Crippen LogP contribution in [0.15, 0.2) is 24.3 Å². The summed E-state index contributed by atoms with van der Waals surface area (Å²) in [4.78, 5) is 2.02. The van der Waals surface area contributed by atoms with Crippen LogP contribution in [0.3, 0.4) is 0 Å². The Morgan fingerprint density at radius 1 is 1.12 bits per heavy atom. The van der Waals surface area contributed by atoms with Crippen LogP contribution >= 0.6 is 0 Å². The Morgan fingerprint density at radius 2 is 1.67 bits per heavy atom. The molecule has 0 radical (unpaired) electrons. The number of nitrogens with zero attached hydrogens (tertiary/aromatic N) is 3. The third-order valence-corrected chi connectivity index (χ3v) is 6.19. The Balaban J connectivity index is 2.14. The monoisotopic (exact) mass is 355 g/mol. The topological polar surface area (TPSA) is 53.1 Å². The number of rotatable bonds is 6. The molecule has 24 heavy (non-hydrogen) atoms. The molecule has 1 aliphatic heterocycles. The second kappa shape index (κ2) is 7.82. The molecular weight excluding hydrogens is 326 g/mol. The average molecular weight is 356 g/mol. The van der Waals surface area contributed by atoms with Crippen molar-refractivity contribution < 1.29 is 13.2 Å². The summed E-state index contributed by atoms with van der Waals surface area (Å²) in [6.07, 6.45) is -0.164. The number of hydrogen-bond donors (Lipinski definition) is 0. The second-order valence-electron chi connectivity index (χ2n) is 6.57. The first kappa shape index (κ1) is 19.2. The first-order chi connectivity index (χ1) is 11.2. The van der Waals surface area contributed by atoms with Crippen molar-refractivity contribution in [1.29, 1.82) is 0 Å². The molecule has 0 N–H and O–H groups in total. The van der Waals surface area contributed by atoms with Gasteiger partial charge in [-0.2, -0.15) is 17.0 Å². The molecule has 1 aliphatic rings. The van der Waals surface area contributed by atoms with Crippen molar-refractivity contribution in [3.63, 3.8) is 0 Å². The first-order valence-corrected chi connectivity index (χ1v) is 9.80. The maximum absolute atomic E-state index is 13.0. The van der Waals surface area contributed by atoms with Crippen LogP contribution in [0, 0.1) is 0 Å². The zero-order valence-electron chi connectivity index (χ0n) is 15.3. The molecule has 1 fully saturated rings. The van der Waals surface area contributed by atoms with Crippen LogP contribution in [0.25, 0.3) is 0 Å². The minimum Gasteiger partial charge on any atom is -0.378 e. The van der Waals surface area contributed by atoms with Gasteiger partial charge in [-0.3, -0.25) is 0 Å². The number of morpholine rings is 1. The summed E-state index contributed by atoms with van der Waals surface area (Å²) < 4.78 is 34.7. The van der Waals surface area contributed by atoms with Gasteiger partial charge >= 0.3 is 0 Å². The van der Waals surface area contributed by atoms with Gasteiger partial charge in [0.15, 0.2) is 0 Å². The molecule has 1 aromatic rings. The summed E-state index contributed by atoms with van der Waals surface area (Å²) in [6.45, 7) is 7.33. The lowest BCUT2D eigenvalue weighted by Crippen LogP contribution is -2.52. The summed E-state index contributed by atoms with van der Waals surface area (Å²) in [5, 5.41) is 0. The normalized spacial score (nSPS) is 22.8. The van der Waals surface area contributed by atoms with Gasteiger partial charge in [-0.15, -0.1) is 0 Å². The van der Waals surface area contributed by atoms with E-state index in [0.29, 0.717) is 26.2 Å². The molecule has 0 amide bonds. The smallest absolute Gasteiger partial charge is 0.282 e. The SMILES string of the molecule is CCN(Cc1ccc(N(C)C)cc1)S(=O)(=O)N1CC(C)OC(C)C1. The number of ether oxygens (including phenoxy) is 1. The predicted molar refractivity (Wildman–Crippen MR) is 97.4 cm³/mol. The van der Waals surface area contributed by atoms with Crippen LogP contribution < -0.4 is 4.90 Å². The quantitative estimate of drug-likeness (QED) is 0.782. The fraction of sp³-hybridized carbons (Fsp3) is 0.647. The predicted octanol–water partition coefficient (Wildman–Crippen LogP) is 1.93. The van der Waals surface area contributed by atoms with E-state index in [9.17, 15) is 8.42 Å². The number of benzene rings is 1. The molecule has 0 saturated carbocycles. The molecule has 136 valence electrons.